The number of imidazole rings is 1. The lowest BCUT2D eigenvalue weighted by Gasteiger charge is -2.11. The molecule has 3 aromatic carbocycles. The van der Waals surface area contributed by atoms with Crippen molar-refractivity contribution in [2.45, 2.75) is 17.5 Å². The number of ether oxygens (including phenoxy) is 2. The highest BCUT2D eigenvalue weighted by Crippen LogP contribution is 2.37. The Morgan fingerprint density at radius 2 is 1.71 bits per heavy atom. The van der Waals surface area contributed by atoms with Crippen LogP contribution >= 0.6 is 11.8 Å². The molecule has 0 unspecified atom stereocenters. The molecule has 0 fully saturated rings. The topological polar surface area (TPSA) is 67.0 Å². The minimum Gasteiger partial charge on any atom is -0.454 e. The summed E-state index contributed by atoms with van der Waals surface area (Å²) >= 11 is 1.30. The summed E-state index contributed by atoms with van der Waals surface area (Å²) < 4.78 is 41.5. The molecule has 0 aliphatic carbocycles. The Labute approximate surface area is 197 Å². The van der Waals surface area contributed by atoms with Gasteiger partial charge < -0.3 is 9.47 Å². The maximum absolute atomic E-state index is 13.9. The van der Waals surface area contributed by atoms with Gasteiger partial charge >= 0.3 is 6.55 Å². The van der Waals surface area contributed by atoms with E-state index in [1.165, 1.54) is 11.8 Å². The summed E-state index contributed by atoms with van der Waals surface area (Å²) in [4.78, 5) is 4.43. The SMILES string of the molecule is FC(F)n1c(CSc2nnc(-c3ccc4c(c3)OCO4)n2-c2ccccc2)nc2ccccc21. The molecule has 1 aliphatic rings. The minimum atomic E-state index is -2.70. The first-order valence-corrected chi connectivity index (χ1v) is 11.5. The van der Waals surface area contributed by atoms with Crippen LogP contribution in [0.15, 0.2) is 78.0 Å². The van der Waals surface area contributed by atoms with E-state index < -0.39 is 6.55 Å². The molecule has 34 heavy (non-hydrogen) atoms. The number of benzene rings is 3. The summed E-state index contributed by atoms with van der Waals surface area (Å²) in [6, 6.07) is 22.1. The van der Waals surface area contributed by atoms with Crippen molar-refractivity contribution in [3.8, 4) is 28.6 Å². The third-order valence-corrected chi connectivity index (χ3v) is 6.40. The molecule has 0 spiro atoms. The molecule has 7 nitrogen and oxygen atoms in total. The fourth-order valence-electron chi connectivity index (χ4n) is 3.94. The first-order valence-electron chi connectivity index (χ1n) is 10.5. The third-order valence-electron chi connectivity index (χ3n) is 5.47. The third kappa shape index (κ3) is 3.56. The van der Waals surface area contributed by atoms with Gasteiger partial charge in [0.15, 0.2) is 22.5 Å². The second-order valence-electron chi connectivity index (χ2n) is 7.50. The molecule has 170 valence electrons. The summed E-state index contributed by atoms with van der Waals surface area (Å²) in [5, 5.41) is 9.37. The van der Waals surface area contributed by atoms with Crippen LogP contribution in [-0.4, -0.2) is 31.1 Å². The number of aromatic nitrogens is 5. The average Bonchev–Trinajstić information content (AvgIpc) is 3.58. The van der Waals surface area contributed by atoms with Gasteiger partial charge in [-0.05, 0) is 42.5 Å². The molecular weight excluding hydrogens is 460 g/mol. The van der Waals surface area contributed by atoms with Gasteiger partial charge in [-0.2, -0.15) is 8.78 Å². The van der Waals surface area contributed by atoms with E-state index in [9.17, 15) is 8.78 Å². The Hall–Kier alpha value is -3.92. The number of rotatable bonds is 6. The second-order valence-corrected chi connectivity index (χ2v) is 8.44. The van der Waals surface area contributed by atoms with E-state index in [0.717, 1.165) is 15.8 Å². The van der Waals surface area contributed by atoms with E-state index in [1.807, 2.05) is 53.1 Å². The van der Waals surface area contributed by atoms with Crippen molar-refractivity contribution in [2.24, 2.45) is 0 Å². The molecule has 0 amide bonds. The summed E-state index contributed by atoms with van der Waals surface area (Å²) in [6.07, 6.45) is 0. The zero-order valence-corrected chi connectivity index (χ0v) is 18.5. The average molecular weight is 477 g/mol. The van der Waals surface area contributed by atoms with Crippen molar-refractivity contribution in [1.29, 1.82) is 0 Å². The maximum Gasteiger partial charge on any atom is 0.320 e. The number of para-hydroxylation sites is 3. The lowest BCUT2D eigenvalue weighted by atomic mass is 10.2. The molecule has 0 saturated carbocycles. The molecule has 5 aromatic rings. The molecule has 2 aromatic heterocycles. The summed E-state index contributed by atoms with van der Waals surface area (Å²) in [7, 11) is 0. The van der Waals surface area contributed by atoms with E-state index in [1.54, 1.807) is 24.3 Å². The molecule has 0 bridgehead atoms. The lowest BCUT2D eigenvalue weighted by molar-refractivity contribution is 0.0722. The zero-order valence-electron chi connectivity index (χ0n) is 17.6. The quantitative estimate of drug-likeness (QED) is 0.292. The maximum atomic E-state index is 13.9. The van der Waals surface area contributed by atoms with Crippen molar-refractivity contribution >= 4 is 22.8 Å². The summed E-state index contributed by atoms with van der Waals surface area (Å²) in [6.45, 7) is -2.52. The Bertz CT molecular complexity index is 1490. The summed E-state index contributed by atoms with van der Waals surface area (Å²) in [5.74, 6) is 2.39. The second kappa shape index (κ2) is 8.45. The number of hydrogen-bond acceptors (Lipinski definition) is 6. The number of halogens is 2. The standard InChI is InChI=1S/C24H17F2N5O2S/c25-23(26)31-18-9-5-4-8-17(18)27-21(31)13-34-24-29-28-22(30(24)16-6-2-1-3-7-16)15-10-11-19-20(12-15)33-14-32-19/h1-12,23H,13-14H2. The highest BCUT2D eigenvalue weighted by Gasteiger charge is 2.22. The smallest absolute Gasteiger partial charge is 0.320 e. The van der Waals surface area contributed by atoms with Crippen LogP contribution in [0.25, 0.3) is 28.1 Å². The van der Waals surface area contributed by atoms with Crippen molar-refractivity contribution in [3.05, 3.63) is 78.6 Å². The van der Waals surface area contributed by atoms with Crippen LogP contribution < -0.4 is 9.47 Å². The predicted octanol–water partition coefficient (Wildman–Crippen LogP) is 5.70. The largest absolute Gasteiger partial charge is 0.454 e. The Kier molecular flexibility index (Phi) is 5.14. The normalized spacial score (nSPS) is 12.7. The van der Waals surface area contributed by atoms with Crippen LogP contribution in [0.4, 0.5) is 8.78 Å². The number of thioether (sulfide) groups is 1. The first kappa shape index (κ1) is 20.7. The van der Waals surface area contributed by atoms with Gasteiger partial charge in [0.2, 0.25) is 6.79 Å². The molecule has 6 rings (SSSR count). The van der Waals surface area contributed by atoms with E-state index >= 15 is 0 Å². The number of alkyl halides is 2. The van der Waals surface area contributed by atoms with Crippen LogP contribution in [0.1, 0.15) is 12.4 Å². The van der Waals surface area contributed by atoms with Gasteiger partial charge in [-0.25, -0.2) is 4.98 Å². The van der Waals surface area contributed by atoms with Crippen molar-refractivity contribution in [3.63, 3.8) is 0 Å². The number of fused-ring (bicyclic) bond motifs is 2. The van der Waals surface area contributed by atoms with Gasteiger partial charge in [-0.3, -0.25) is 9.13 Å². The molecule has 0 saturated heterocycles. The molecule has 3 heterocycles. The Balaban J connectivity index is 1.40. The van der Waals surface area contributed by atoms with E-state index in [2.05, 4.69) is 15.2 Å². The van der Waals surface area contributed by atoms with E-state index in [-0.39, 0.29) is 18.4 Å². The number of hydrogen-bond donors (Lipinski definition) is 0. The predicted molar refractivity (Wildman–Crippen MR) is 123 cm³/mol. The molecule has 0 atom stereocenters. The van der Waals surface area contributed by atoms with Gasteiger partial charge in [0, 0.05) is 11.3 Å². The van der Waals surface area contributed by atoms with Gasteiger partial charge in [0.05, 0.1) is 16.8 Å². The van der Waals surface area contributed by atoms with Crippen LogP contribution in [-0.2, 0) is 5.75 Å². The Morgan fingerprint density at radius 1 is 0.912 bits per heavy atom. The molecule has 1 aliphatic heterocycles. The van der Waals surface area contributed by atoms with E-state index in [0.29, 0.717) is 33.5 Å². The van der Waals surface area contributed by atoms with Crippen molar-refractivity contribution in [1.82, 2.24) is 24.3 Å². The van der Waals surface area contributed by atoms with Gasteiger partial charge in [0.1, 0.15) is 5.82 Å². The molecular formula is C24H17F2N5O2S. The van der Waals surface area contributed by atoms with Crippen molar-refractivity contribution < 1.29 is 18.3 Å². The van der Waals surface area contributed by atoms with Crippen LogP contribution in [0.3, 0.4) is 0 Å². The fourth-order valence-corrected chi connectivity index (χ4v) is 4.82. The zero-order chi connectivity index (χ0) is 23.1. The summed E-state index contributed by atoms with van der Waals surface area (Å²) in [5.41, 5.74) is 2.58. The first-order chi connectivity index (χ1) is 16.7. The van der Waals surface area contributed by atoms with Gasteiger partial charge in [-0.1, -0.05) is 42.1 Å². The monoisotopic (exact) mass is 477 g/mol. The highest BCUT2D eigenvalue weighted by molar-refractivity contribution is 7.98. The van der Waals surface area contributed by atoms with Gasteiger partial charge in [0.25, 0.3) is 0 Å². The fraction of sp³-hybridized carbons (Fsp3) is 0.125. The van der Waals surface area contributed by atoms with Gasteiger partial charge in [-0.15, -0.1) is 10.2 Å². The van der Waals surface area contributed by atoms with Crippen molar-refractivity contribution in [2.75, 3.05) is 6.79 Å². The van der Waals surface area contributed by atoms with Crippen LogP contribution in [0, 0.1) is 0 Å². The lowest BCUT2D eigenvalue weighted by Crippen LogP contribution is -2.04. The molecule has 10 heteroatoms. The molecule has 0 N–H and O–H groups in total. The highest BCUT2D eigenvalue weighted by atomic mass is 32.2. The Morgan fingerprint density at radius 3 is 2.56 bits per heavy atom. The van der Waals surface area contributed by atoms with Crippen LogP contribution in [0.2, 0.25) is 0 Å². The minimum absolute atomic E-state index is 0.177. The number of nitrogens with zero attached hydrogens (tertiary/aromatic N) is 5. The van der Waals surface area contributed by atoms with Crippen LogP contribution in [0.5, 0.6) is 11.5 Å². The van der Waals surface area contributed by atoms with E-state index in [4.69, 9.17) is 9.47 Å². The molecule has 0 radical (unpaired) electrons.